The van der Waals surface area contributed by atoms with Crippen LogP contribution in [0.5, 0.6) is 11.5 Å². The molecule has 0 spiro atoms. The van der Waals surface area contributed by atoms with Gasteiger partial charge in [-0.05, 0) is 35.0 Å². The molecule has 1 amide bonds. The van der Waals surface area contributed by atoms with E-state index in [0.29, 0.717) is 21.5 Å². The minimum absolute atomic E-state index is 0.194. The maximum Gasteiger partial charge on any atom is 0.251 e. The van der Waals surface area contributed by atoms with E-state index in [2.05, 4.69) is 21.2 Å². The van der Waals surface area contributed by atoms with Gasteiger partial charge in [0.05, 0.1) is 20.3 Å². The van der Waals surface area contributed by atoms with Crippen molar-refractivity contribution in [3.8, 4) is 11.5 Å². The molecule has 0 heterocycles. The fourth-order valence-corrected chi connectivity index (χ4v) is 1.90. The molecule has 0 bridgehead atoms. The van der Waals surface area contributed by atoms with E-state index in [1.165, 1.54) is 14.2 Å². The van der Waals surface area contributed by atoms with E-state index in [4.69, 9.17) is 14.6 Å². The molecule has 1 unspecified atom stereocenters. The number of rotatable bonds is 5. The molecule has 0 aliphatic carbocycles. The highest BCUT2D eigenvalue weighted by Crippen LogP contribution is 2.35. The minimum atomic E-state index is -0.590. The van der Waals surface area contributed by atoms with Gasteiger partial charge in [-0.3, -0.25) is 4.79 Å². The summed E-state index contributed by atoms with van der Waals surface area (Å²) in [7, 11) is 3.02. The molecule has 1 rings (SSSR count). The highest BCUT2D eigenvalue weighted by atomic mass is 79.9. The van der Waals surface area contributed by atoms with E-state index in [1.54, 1.807) is 19.1 Å². The van der Waals surface area contributed by atoms with Crippen molar-refractivity contribution < 1.29 is 19.4 Å². The van der Waals surface area contributed by atoms with Crippen LogP contribution in [0.4, 0.5) is 0 Å². The molecular weight excluding hydrogens is 302 g/mol. The Balaban J connectivity index is 2.98. The second-order valence-electron chi connectivity index (χ2n) is 3.75. The average Bonchev–Trinajstić information content (AvgIpc) is 2.36. The second-order valence-corrected chi connectivity index (χ2v) is 4.55. The summed E-state index contributed by atoms with van der Waals surface area (Å²) in [4.78, 5) is 11.8. The topological polar surface area (TPSA) is 67.8 Å². The number of hydrogen-bond donors (Lipinski definition) is 2. The van der Waals surface area contributed by atoms with E-state index >= 15 is 0 Å². The third-order valence-corrected chi connectivity index (χ3v) is 3.05. The lowest BCUT2D eigenvalue weighted by molar-refractivity contribution is 0.0923. The maximum absolute atomic E-state index is 11.8. The summed E-state index contributed by atoms with van der Waals surface area (Å²) in [5.74, 6) is 0.730. The van der Waals surface area contributed by atoms with Crippen molar-refractivity contribution in [3.63, 3.8) is 0 Å². The van der Waals surface area contributed by atoms with Crippen LogP contribution in [0.15, 0.2) is 16.6 Å². The summed E-state index contributed by atoms with van der Waals surface area (Å²) in [6, 6.07) is 3.20. The number of hydrogen-bond acceptors (Lipinski definition) is 4. The molecule has 0 saturated carbocycles. The Bertz CT molecular complexity index is 409. The molecule has 18 heavy (non-hydrogen) atoms. The predicted molar refractivity (Wildman–Crippen MR) is 71.3 cm³/mol. The molecule has 0 aliphatic heterocycles. The molecule has 0 aromatic heterocycles. The van der Waals surface area contributed by atoms with Crippen molar-refractivity contribution in [1.82, 2.24) is 5.32 Å². The van der Waals surface area contributed by atoms with Crippen LogP contribution in [-0.4, -0.2) is 37.9 Å². The molecule has 0 aliphatic rings. The molecule has 0 fully saturated rings. The number of nitrogens with one attached hydrogen (secondary N) is 1. The van der Waals surface area contributed by atoms with Crippen LogP contribution in [0, 0.1) is 0 Å². The first kappa shape index (κ1) is 14.8. The van der Waals surface area contributed by atoms with Crippen LogP contribution in [0.3, 0.4) is 0 Å². The van der Waals surface area contributed by atoms with Crippen molar-refractivity contribution in [3.05, 3.63) is 22.2 Å². The minimum Gasteiger partial charge on any atom is -0.495 e. The monoisotopic (exact) mass is 317 g/mol. The quantitative estimate of drug-likeness (QED) is 0.865. The Morgan fingerprint density at radius 2 is 1.89 bits per heavy atom. The van der Waals surface area contributed by atoms with Crippen molar-refractivity contribution in [2.24, 2.45) is 0 Å². The van der Waals surface area contributed by atoms with Crippen LogP contribution < -0.4 is 14.8 Å². The number of amides is 1. The summed E-state index contributed by atoms with van der Waals surface area (Å²) in [6.45, 7) is 1.79. The van der Waals surface area contributed by atoms with E-state index in [-0.39, 0.29) is 12.5 Å². The fraction of sp³-hybridized carbons (Fsp3) is 0.417. The zero-order valence-electron chi connectivity index (χ0n) is 10.5. The summed E-state index contributed by atoms with van der Waals surface area (Å²) >= 11 is 3.33. The Kier molecular flexibility index (Phi) is 5.43. The maximum atomic E-state index is 11.8. The van der Waals surface area contributed by atoms with E-state index < -0.39 is 6.10 Å². The number of carbonyl (C=O) groups excluding carboxylic acids is 1. The zero-order chi connectivity index (χ0) is 13.7. The van der Waals surface area contributed by atoms with Gasteiger partial charge in [0.25, 0.3) is 5.91 Å². The number of halogens is 1. The molecular formula is C12H16BrNO4. The lowest BCUT2D eigenvalue weighted by Crippen LogP contribution is -2.30. The average molecular weight is 318 g/mol. The van der Waals surface area contributed by atoms with E-state index in [0.717, 1.165) is 0 Å². The van der Waals surface area contributed by atoms with Crippen LogP contribution in [0.2, 0.25) is 0 Å². The molecule has 100 valence electrons. The van der Waals surface area contributed by atoms with Crippen LogP contribution >= 0.6 is 15.9 Å². The standard InChI is InChI=1S/C12H16BrNO4/c1-7(15)6-14-12(16)8-4-9(17-2)11(13)10(5-8)18-3/h4-5,7,15H,6H2,1-3H3,(H,14,16). The molecule has 2 N–H and O–H groups in total. The van der Waals surface area contributed by atoms with Crippen molar-refractivity contribution in [2.75, 3.05) is 20.8 Å². The number of ether oxygens (including phenoxy) is 2. The highest BCUT2D eigenvalue weighted by molar-refractivity contribution is 9.10. The third kappa shape index (κ3) is 3.61. The number of aliphatic hydroxyl groups excluding tert-OH is 1. The predicted octanol–water partition coefficient (Wildman–Crippen LogP) is 1.58. The number of methoxy groups -OCH3 is 2. The fourth-order valence-electron chi connectivity index (χ4n) is 1.34. The SMILES string of the molecule is COc1cc(C(=O)NCC(C)O)cc(OC)c1Br. The molecule has 0 radical (unpaired) electrons. The normalized spacial score (nSPS) is 11.8. The largest absolute Gasteiger partial charge is 0.495 e. The van der Waals surface area contributed by atoms with Gasteiger partial charge < -0.3 is 19.9 Å². The highest BCUT2D eigenvalue weighted by Gasteiger charge is 2.14. The lowest BCUT2D eigenvalue weighted by atomic mass is 10.2. The van der Waals surface area contributed by atoms with Gasteiger partial charge in [0.1, 0.15) is 16.0 Å². The third-order valence-electron chi connectivity index (χ3n) is 2.27. The van der Waals surface area contributed by atoms with Gasteiger partial charge in [-0.25, -0.2) is 0 Å². The van der Waals surface area contributed by atoms with Gasteiger partial charge in [0, 0.05) is 12.1 Å². The van der Waals surface area contributed by atoms with Gasteiger partial charge >= 0.3 is 0 Å². The van der Waals surface area contributed by atoms with E-state index in [1.807, 2.05) is 0 Å². The Hall–Kier alpha value is -1.27. The van der Waals surface area contributed by atoms with Gasteiger partial charge in [0.2, 0.25) is 0 Å². The first-order chi connectivity index (χ1) is 8.49. The summed E-state index contributed by atoms with van der Waals surface area (Å²) in [6.07, 6.45) is -0.590. The van der Waals surface area contributed by atoms with Gasteiger partial charge in [-0.15, -0.1) is 0 Å². The van der Waals surface area contributed by atoms with Crippen molar-refractivity contribution in [1.29, 1.82) is 0 Å². The molecule has 1 aromatic carbocycles. The Morgan fingerprint density at radius 1 is 1.39 bits per heavy atom. The summed E-state index contributed by atoms with van der Waals surface area (Å²) < 4.78 is 10.9. The molecule has 6 heteroatoms. The zero-order valence-corrected chi connectivity index (χ0v) is 12.1. The molecule has 0 saturated heterocycles. The first-order valence-electron chi connectivity index (χ1n) is 5.37. The smallest absolute Gasteiger partial charge is 0.251 e. The molecule has 1 atom stereocenters. The summed E-state index contributed by atoms with van der Waals surface area (Å²) in [5.41, 5.74) is 0.410. The Labute approximate surface area is 114 Å². The first-order valence-corrected chi connectivity index (χ1v) is 6.16. The van der Waals surface area contributed by atoms with Gasteiger partial charge in [-0.1, -0.05) is 0 Å². The second kappa shape index (κ2) is 6.61. The van der Waals surface area contributed by atoms with Gasteiger partial charge in [-0.2, -0.15) is 0 Å². The number of benzene rings is 1. The summed E-state index contributed by atoms with van der Waals surface area (Å²) in [5, 5.41) is 11.7. The molecule has 5 nitrogen and oxygen atoms in total. The van der Waals surface area contributed by atoms with E-state index in [9.17, 15) is 4.79 Å². The van der Waals surface area contributed by atoms with Crippen molar-refractivity contribution in [2.45, 2.75) is 13.0 Å². The molecule has 1 aromatic rings. The lowest BCUT2D eigenvalue weighted by Gasteiger charge is -2.12. The Morgan fingerprint density at radius 3 is 2.28 bits per heavy atom. The van der Waals surface area contributed by atoms with Crippen LogP contribution in [-0.2, 0) is 0 Å². The number of aliphatic hydroxyl groups is 1. The number of carbonyl (C=O) groups is 1. The van der Waals surface area contributed by atoms with Crippen LogP contribution in [0.25, 0.3) is 0 Å². The van der Waals surface area contributed by atoms with Crippen LogP contribution in [0.1, 0.15) is 17.3 Å². The van der Waals surface area contributed by atoms with Crippen molar-refractivity contribution >= 4 is 21.8 Å². The van der Waals surface area contributed by atoms with Gasteiger partial charge in [0.15, 0.2) is 0 Å².